The van der Waals surface area contributed by atoms with Gasteiger partial charge in [-0.3, -0.25) is 9.59 Å². The van der Waals surface area contributed by atoms with Crippen molar-refractivity contribution < 1.29 is 24.2 Å². The fraction of sp³-hybridized carbons (Fsp3) is 0.150. The topological polar surface area (TPSA) is 83.9 Å². The number of ether oxygens (including phenoxy) is 1. The van der Waals surface area contributed by atoms with Crippen molar-refractivity contribution in [2.24, 2.45) is 0 Å². The van der Waals surface area contributed by atoms with Crippen LogP contribution in [0.25, 0.3) is 6.08 Å². The van der Waals surface area contributed by atoms with Crippen molar-refractivity contribution >= 4 is 40.6 Å². The van der Waals surface area contributed by atoms with E-state index in [1.165, 1.54) is 0 Å². The molecule has 6 nitrogen and oxygen atoms in total. The molecule has 7 heteroatoms. The number of rotatable bonds is 6. The van der Waals surface area contributed by atoms with Gasteiger partial charge in [0.2, 0.25) is 0 Å². The predicted octanol–water partition coefficient (Wildman–Crippen LogP) is 3.95. The van der Waals surface area contributed by atoms with Gasteiger partial charge in [-0.25, -0.2) is 9.69 Å². The molecule has 0 saturated carbocycles. The molecule has 2 aromatic carbocycles. The number of hydrogen-bond acceptors (Lipinski definition) is 5. The van der Waals surface area contributed by atoms with Crippen LogP contribution in [0.1, 0.15) is 18.1 Å². The van der Waals surface area contributed by atoms with Gasteiger partial charge in [0.15, 0.2) is 6.61 Å². The van der Waals surface area contributed by atoms with Crippen LogP contribution in [0, 0.1) is 0 Å². The van der Waals surface area contributed by atoms with E-state index in [1.54, 1.807) is 42.5 Å². The smallest absolute Gasteiger partial charge is 0.341 e. The Morgan fingerprint density at radius 1 is 1.15 bits per heavy atom. The summed E-state index contributed by atoms with van der Waals surface area (Å²) in [6.07, 6.45) is 2.41. The maximum absolute atomic E-state index is 12.7. The van der Waals surface area contributed by atoms with Crippen LogP contribution in [-0.4, -0.2) is 28.8 Å². The lowest BCUT2D eigenvalue weighted by Crippen LogP contribution is -2.27. The molecule has 1 heterocycles. The van der Waals surface area contributed by atoms with Crippen LogP contribution in [0.2, 0.25) is 0 Å². The first-order valence-electron chi connectivity index (χ1n) is 8.30. The zero-order valence-electron chi connectivity index (χ0n) is 14.5. The fourth-order valence-corrected chi connectivity index (χ4v) is 3.42. The van der Waals surface area contributed by atoms with E-state index in [1.807, 2.05) is 19.1 Å². The Labute approximate surface area is 160 Å². The lowest BCUT2D eigenvalue weighted by atomic mass is 10.1. The number of benzene rings is 2. The molecule has 0 aromatic heterocycles. The van der Waals surface area contributed by atoms with E-state index in [-0.39, 0.29) is 10.1 Å². The van der Waals surface area contributed by atoms with E-state index in [9.17, 15) is 14.4 Å². The molecular formula is C20H17NO5S. The van der Waals surface area contributed by atoms with Gasteiger partial charge < -0.3 is 9.84 Å². The molecule has 0 bridgehead atoms. The molecule has 0 unspecified atom stereocenters. The van der Waals surface area contributed by atoms with Crippen molar-refractivity contribution in [1.82, 2.24) is 0 Å². The van der Waals surface area contributed by atoms with Crippen molar-refractivity contribution in [3.05, 3.63) is 64.6 Å². The van der Waals surface area contributed by atoms with Crippen molar-refractivity contribution in [2.45, 2.75) is 13.3 Å². The van der Waals surface area contributed by atoms with Gasteiger partial charge in [-0.1, -0.05) is 37.3 Å². The van der Waals surface area contributed by atoms with E-state index in [2.05, 4.69) is 0 Å². The molecule has 0 aliphatic carbocycles. The van der Waals surface area contributed by atoms with Gasteiger partial charge in [0.05, 0.1) is 10.6 Å². The summed E-state index contributed by atoms with van der Waals surface area (Å²) in [5.41, 5.74) is 2.17. The lowest BCUT2D eigenvalue weighted by Gasteiger charge is -2.12. The summed E-state index contributed by atoms with van der Waals surface area (Å²) in [5.74, 6) is -1.18. The summed E-state index contributed by atoms with van der Waals surface area (Å²) < 4.78 is 5.24. The number of hydrogen-bond donors (Lipinski definition) is 1. The summed E-state index contributed by atoms with van der Waals surface area (Å²) >= 11 is 0.841. The van der Waals surface area contributed by atoms with Crippen LogP contribution >= 0.6 is 11.8 Å². The molecule has 27 heavy (non-hydrogen) atoms. The van der Waals surface area contributed by atoms with Crippen molar-refractivity contribution in [2.75, 3.05) is 11.5 Å². The molecule has 1 aliphatic rings. The standard InChI is InChI=1S/C20H17NO5S/c1-2-13-7-9-15(10-8-13)21-19(24)17(27-20(21)25)11-14-5-3-4-6-16(14)26-12-18(22)23/h3-11H,2,12H2,1H3,(H,22,23)/b17-11+. The SMILES string of the molecule is CCc1ccc(N2C(=O)S/C(=C/c3ccccc3OCC(=O)O)C2=O)cc1. The molecule has 3 rings (SSSR count). The second-order valence-corrected chi connectivity index (χ2v) is 6.75. The number of carboxylic acid groups (broad SMARTS) is 1. The number of nitrogens with zero attached hydrogens (tertiary/aromatic N) is 1. The average Bonchev–Trinajstić information content (AvgIpc) is 2.94. The monoisotopic (exact) mass is 383 g/mol. The number of aryl methyl sites for hydroxylation is 1. The van der Waals surface area contributed by atoms with E-state index < -0.39 is 18.5 Å². The van der Waals surface area contributed by atoms with Gasteiger partial charge in [0, 0.05) is 5.56 Å². The highest BCUT2D eigenvalue weighted by atomic mass is 32.2. The normalized spacial score (nSPS) is 15.4. The summed E-state index contributed by atoms with van der Waals surface area (Å²) in [6, 6.07) is 14.0. The first-order chi connectivity index (χ1) is 13.0. The van der Waals surface area contributed by atoms with Crippen molar-refractivity contribution in [3.63, 3.8) is 0 Å². The number of thioether (sulfide) groups is 1. The second kappa shape index (κ2) is 8.09. The molecule has 1 aliphatic heterocycles. The molecule has 2 aromatic rings. The van der Waals surface area contributed by atoms with Gasteiger partial charge in [-0.2, -0.15) is 0 Å². The van der Waals surface area contributed by atoms with E-state index >= 15 is 0 Å². The van der Waals surface area contributed by atoms with Crippen LogP contribution in [0.4, 0.5) is 10.5 Å². The first-order valence-corrected chi connectivity index (χ1v) is 9.11. The van der Waals surface area contributed by atoms with Crippen molar-refractivity contribution in [3.8, 4) is 5.75 Å². The minimum absolute atomic E-state index is 0.256. The van der Waals surface area contributed by atoms with E-state index in [0.29, 0.717) is 17.0 Å². The number of amides is 2. The molecule has 2 amide bonds. The largest absolute Gasteiger partial charge is 0.481 e. The molecule has 0 atom stereocenters. The van der Waals surface area contributed by atoms with Crippen LogP contribution in [0.5, 0.6) is 5.75 Å². The number of para-hydroxylation sites is 1. The number of carbonyl (C=O) groups is 3. The summed E-state index contributed by atoms with van der Waals surface area (Å²) in [7, 11) is 0. The zero-order chi connectivity index (χ0) is 19.4. The van der Waals surface area contributed by atoms with Gasteiger partial charge in [0.1, 0.15) is 5.75 Å². The highest BCUT2D eigenvalue weighted by molar-refractivity contribution is 8.19. The Hall–Kier alpha value is -3.06. The van der Waals surface area contributed by atoms with Gasteiger partial charge in [0.25, 0.3) is 11.1 Å². The third-order valence-corrected chi connectivity index (χ3v) is 4.82. The van der Waals surface area contributed by atoms with Gasteiger partial charge >= 0.3 is 5.97 Å². The molecular weight excluding hydrogens is 366 g/mol. The average molecular weight is 383 g/mol. The number of imide groups is 1. The predicted molar refractivity (Wildman–Crippen MR) is 104 cm³/mol. The lowest BCUT2D eigenvalue weighted by molar-refractivity contribution is -0.139. The molecule has 1 N–H and O–H groups in total. The number of carbonyl (C=O) groups excluding carboxylic acids is 2. The minimum atomic E-state index is -1.10. The third kappa shape index (κ3) is 4.20. The third-order valence-electron chi connectivity index (χ3n) is 3.95. The molecule has 1 fully saturated rings. The maximum atomic E-state index is 12.7. The highest BCUT2D eigenvalue weighted by Crippen LogP contribution is 2.36. The van der Waals surface area contributed by atoms with Crippen LogP contribution in [0.15, 0.2) is 53.4 Å². The van der Waals surface area contributed by atoms with Gasteiger partial charge in [-0.15, -0.1) is 0 Å². The second-order valence-electron chi connectivity index (χ2n) is 5.76. The van der Waals surface area contributed by atoms with Crippen LogP contribution < -0.4 is 9.64 Å². The van der Waals surface area contributed by atoms with E-state index in [0.717, 1.165) is 28.6 Å². The van der Waals surface area contributed by atoms with Crippen LogP contribution in [-0.2, 0) is 16.0 Å². The van der Waals surface area contributed by atoms with Crippen LogP contribution in [0.3, 0.4) is 0 Å². The minimum Gasteiger partial charge on any atom is -0.481 e. The van der Waals surface area contributed by atoms with Gasteiger partial charge in [-0.05, 0) is 48.0 Å². The Bertz CT molecular complexity index is 920. The summed E-state index contributed by atoms with van der Waals surface area (Å²) in [5, 5.41) is 8.40. The zero-order valence-corrected chi connectivity index (χ0v) is 15.4. The Morgan fingerprint density at radius 2 is 1.85 bits per heavy atom. The summed E-state index contributed by atoms with van der Waals surface area (Å²) in [4.78, 5) is 37.2. The quantitative estimate of drug-likeness (QED) is 0.761. The highest BCUT2D eigenvalue weighted by Gasteiger charge is 2.36. The fourth-order valence-electron chi connectivity index (χ4n) is 2.58. The van der Waals surface area contributed by atoms with E-state index in [4.69, 9.17) is 9.84 Å². The first kappa shape index (κ1) is 18.7. The maximum Gasteiger partial charge on any atom is 0.341 e. The summed E-state index contributed by atoms with van der Waals surface area (Å²) in [6.45, 7) is 1.54. The number of aliphatic carboxylic acids is 1. The van der Waals surface area contributed by atoms with Crippen molar-refractivity contribution in [1.29, 1.82) is 0 Å². The molecule has 138 valence electrons. The Kier molecular flexibility index (Phi) is 5.61. The Balaban J connectivity index is 1.87. The molecule has 0 radical (unpaired) electrons. The number of anilines is 1. The Morgan fingerprint density at radius 3 is 2.52 bits per heavy atom. The molecule has 0 spiro atoms. The number of carboxylic acids is 1. The molecule has 1 saturated heterocycles.